The summed E-state index contributed by atoms with van der Waals surface area (Å²) in [6.45, 7) is 2.00. The first-order chi connectivity index (χ1) is 8.24. The van der Waals surface area contributed by atoms with Gasteiger partial charge in [-0.15, -0.1) is 0 Å². The lowest BCUT2D eigenvalue weighted by Crippen LogP contribution is -2.11. The van der Waals surface area contributed by atoms with Gasteiger partial charge in [-0.3, -0.25) is 0 Å². The van der Waals surface area contributed by atoms with E-state index in [2.05, 4.69) is 4.84 Å². The molecule has 0 aliphatic rings. The summed E-state index contributed by atoms with van der Waals surface area (Å²) in [6.07, 6.45) is 0. The van der Waals surface area contributed by atoms with Crippen LogP contribution in [0.5, 0.6) is 0 Å². The molecular formula is C14H13NO2. The molecule has 0 aliphatic carbocycles. The van der Waals surface area contributed by atoms with Crippen LogP contribution in [-0.2, 0) is 4.84 Å². The van der Waals surface area contributed by atoms with E-state index in [1.54, 1.807) is 12.1 Å². The second-order valence-corrected chi connectivity index (χ2v) is 3.77. The van der Waals surface area contributed by atoms with Crippen molar-refractivity contribution in [3.05, 3.63) is 59.7 Å². The van der Waals surface area contributed by atoms with E-state index in [9.17, 15) is 4.79 Å². The van der Waals surface area contributed by atoms with E-state index < -0.39 is 5.97 Å². The molecule has 0 atom stereocenters. The first-order valence-electron chi connectivity index (χ1n) is 5.30. The van der Waals surface area contributed by atoms with Crippen molar-refractivity contribution in [2.75, 3.05) is 0 Å². The van der Waals surface area contributed by atoms with Crippen molar-refractivity contribution in [1.29, 1.82) is 0 Å². The minimum absolute atomic E-state index is 0.476. The highest BCUT2D eigenvalue weighted by Gasteiger charge is 2.13. The third-order valence-electron chi connectivity index (χ3n) is 2.69. The number of aryl methyl sites for hydroxylation is 1. The number of benzene rings is 2. The fourth-order valence-electron chi connectivity index (χ4n) is 1.83. The molecule has 0 heterocycles. The van der Waals surface area contributed by atoms with E-state index in [0.29, 0.717) is 5.56 Å². The Morgan fingerprint density at radius 1 is 1.00 bits per heavy atom. The fourth-order valence-corrected chi connectivity index (χ4v) is 1.83. The summed E-state index contributed by atoms with van der Waals surface area (Å²) in [5.74, 6) is 4.42. The van der Waals surface area contributed by atoms with Crippen molar-refractivity contribution in [3.63, 3.8) is 0 Å². The van der Waals surface area contributed by atoms with Crippen LogP contribution in [0.2, 0.25) is 0 Å². The Hall–Kier alpha value is -2.13. The van der Waals surface area contributed by atoms with E-state index in [0.717, 1.165) is 16.7 Å². The number of nitrogens with two attached hydrogens (primary N) is 1. The highest BCUT2D eigenvalue weighted by Crippen LogP contribution is 2.26. The Balaban J connectivity index is 2.60. The van der Waals surface area contributed by atoms with E-state index in [-0.39, 0.29) is 0 Å². The third-order valence-corrected chi connectivity index (χ3v) is 2.69. The van der Waals surface area contributed by atoms with Crippen LogP contribution in [-0.4, -0.2) is 5.97 Å². The van der Waals surface area contributed by atoms with E-state index in [1.807, 2.05) is 43.3 Å². The zero-order valence-corrected chi connectivity index (χ0v) is 9.51. The maximum atomic E-state index is 11.6. The van der Waals surface area contributed by atoms with Crippen molar-refractivity contribution < 1.29 is 9.63 Å². The number of hydrogen-bond acceptors (Lipinski definition) is 3. The average Bonchev–Trinajstić information content (AvgIpc) is 2.38. The number of rotatable bonds is 2. The number of carbonyl (C=O) groups excluding carboxylic acids is 1. The summed E-state index contributed by atoms with van der Waals surface area (Å²) in [6, 6.07) is 15.1. The molecule has 2 rings (SSSR count). The monoisotopic (exact) mass is 227 g/mol. The quantitative estimate of drug-likeness (QED) is 0.802. The summed E-state index contributed by atoms with van der Waals surface area (Å²) in [4.78, 5) is 15.9. The van der Waals surface area contributed by atoms with Crippen LogP contribution in [0.25, 0.3) is 11.1 Å². The van der Waals surface area contributed by atoms with Crippen LogP contribution in [0, 0.1) is 6.92 Å². The van der Waals surface area contributed by atoms with Crippen LogP contribution in [0.4, 0.5) is 0 Å². The van der Waals surface area contributed by atoms with Gasteiger partial charge in [-0.1, -0.05) is 42.5 Å². The van der Waals surface area contributed by atoms with Gasteiger partial charge in [0.15, 0.2) is 0 Å². The molecule has 86 valence electrons. The third kappa shape index (κ3) is 2.19. The molecule has 2 aromatic carbocycles. The molecular weight excluding hydrogens is 214 g/mol. The van der Waals surface area contributed by atoms with Crippen LogP contribution >= 0.6 is 0 Å². The van der Waals surface area contributed by atoms with Gasteiger partial charge in [-0.05, 0) is 29.7 Å². The van der Waals surface area contributed by atoms with Crippen LogP contribution in [0.15, 0.2) is 48.5 Å². The molecule has 0 saturated heterocycles. The lowest BCUT2D eigenvalue weighted by atomic mass is 9.96. The normalized spacial score (nSPS) is 10.0. The molecule has 0 saturated carbocycles. The topological polar surface area (TPSA) is 52.3 Å². The van der Waals surface area contributed by atoms with Gasteiger partial charge in [-0.25, -0.2) is 4.79 Å². The van der Waals surface area contributed by atoms with Gasteiger partial charge in [0.25, 0.3) is 0 Å². The molecule has 0 aromatic heterocycles. The van der Waals surface area contributed by atoms with Gasteiger partial charge in [0.1, 0.15) is 0 Å². The molecule has 0 radical (unpaired) electrons. The standard InChI is InChI=1S/C14H13NO2/c1-10-6-2-3-7-11(10)12-8-4-5-9-13(12)14(16)17-15/h2-9H,15H2,1H3. The van der Waals surface area contributed by atoms with E-state index >= 15 is 0 Å². The Bertz CT molecular complexity index is 549. The summed E-state index contributed by atoms with van der Waals surface area (Å²) in [5, 5.41) is 0. The Morgan fingerprint density at radius 3 is 2.24 bits per heavy atom. The summed E-state index contributed by atoms with van der Waals surface area (Å²) >= 11 is 0. The molecule has 3 nitrogen and oxygen atoms in total. The van der Waals surface area contributed by atoms with Gasteiger partial charge in [0.2, 0.25) is 0 Å². The Labute approximate surface area is 99.8 Å². The molecule has 0 aliphatic heterocycles. The molecule has 17 heavy (non-hydrogen) atoms. The van der Waals surface area contributed by atoms with Crippen molar-refractivity contribution in [2.24, 2.45) is 5.90 Å². The second-order valence-electron chi connectivity index (χ2n) is 3.77. The van der Waals surface area contributed by atoms with Gasteiger partial charge >= 0.3 is 5.97 Å². The average molecular weight is 227 g/mol. The number of carbonyl (C=O) groups is 1. The Morgan fingerprint density at radius 2 is 1.59 bits per heavy atom. The van der Waals surface area contributed by atoms with Crippen LogP contribution in [0.1, 0.15) is 15.9 Å². The Kier molecular flexibility index (Phi) is 3.21. The number of hydrogen-bond donors (Lipinski definition) is 1. The van der Waals surface area contributed by atoms with E-state index in [4.69, 9.17) is 5.90 Å². The highest BCUT2D eigenvalue weighted by molar-refractivity contribution is 5.97. The zero-order valence-electron chi connectivity index (χ0n) is 9.51. The van der Waals surface area contributed by atoms with Gasteiger partial charge in [-0.2, -0.15) is 5.90 Å². The van der Waals surface area contributed by atoms with E-state index in [1.165, 1.54) is 0 Å². The predicted molar refractivity (Wildman–Crippen MR) is 66.2 cm³/mol. The molecule has 0 amide bonds. The smallest absolute Gasteiger partial charge is 0.357 e. The molecule has 0 spiro atoms. The van der Waals surface area contributed by atoms with Crippen LogP contribution in [0.3, 0.4) is 0 Å². The lowest BCUT2D eigenvalue weighted by Gasteiger charge is -2.09. The fraction of sp³-hybridized carbons (Fsp3) is 0.0714. The van der Waals surface area contributed by atoms with Crippen molar-refractivity contribution in [3.8, 4) is 11.1 Å². The van der Waals surface area contributed by atoms with Gasteiger partial charge in [0, 0.05) is 0 Å². The largest absolute Gasteiger partial charge is 0.370 e. The zero-order chi connectivity index (χ0) is 12.3. The maximum Gasteiger partial charge on any atom is 0.357 e. The lowest BCUT2D eigenvalue weighted by molar-refractivity contribution is 0.0504. The first kappa shape index (κ1) is 11.4. The molecule has 3 heteroatoms. The maximum absolute atomic E-state index is 11.6. The summed E-state index contributed by atoms with van der Waals surface area (Å²) in [7, 11) is 0. The van der Waals surface area contributed by atoms with Gasteiger partial charge < -0.3 is 4.84 Å². The first-order valence-corrected chi connectivity index (χ1v) is 5.30. The SMILES string of the molecule is Cc1ccccc1-c1ccccc1C(=O)ON. The van der Waals surface area contributed by atoms with Gasteiger partial charge in [0.05, 0.1) is 5.56 Å². The summed E-state index contributed by atoms with van der Waals surface area (Å²) < 4.78 is 0. The molecule has 0 fully saturated rings. The molecule has 2 aromatic rings. The molecule has 2 N–H and O–H groups in total. The van der Waals surface area contributed by atoms with Crippen molar-refractivity contribution >= 4 is 5.97 Å². The molecule has 0 bridgehead atoms. The van der Waals surface area contributed by atoms with Crippen molar-refractivity contribution in [2.45, 2.75) is 6.92 Å². The minimum atomic E-state index is -0.524. The van der Waals surface area contributed by atoms with Crippen LogP contribution < -0.4 is 5.90 Å². The summed E-state index contributed by atoms with van der Waals surface area (Å²) in [5.41, 5.74) is 3.42. The minimum Gasteiger partial charge on any atom is -0.370 e. The molecule has 0 unspecified atom stereocenters. The second kappa shape index (κ2) is 4.80. The van der Waals surface area contributed by atoms with Crippen molar-refractivity contribution in [1.82, 2.24) is 0 Å². The highest BCUT2D eigenvalue weighted by atomic mass is 16.7. The predicted octanol–water partition coefficient (Wildman–Crippen LogP) is 2.69.